The number of ether oxygens (including phenoxy) is 1. The summed E-state index contributed by atoms with van der Waals surface area (Å²) in [7, 11) is 1.41. The lowest BCUT2D eigenvalue weighted by molar-refractivity contribution is 0.408. The molecule has 0 heterocycles. The maximum absolute atomic E-state index is 12.9. The first-order chi connectivity index (χ1) is 6.54. The summed E-state index contributed by atoms with van der Waals surface area (Å²) < 4.78 is 30.6. The second-order valence-corrected chi connectivity index (χ2v) is 3.27. The number of hydrogen-bond acceptors (Lipinski definition) is 2. The summed E-state index contributed by atoms with van der Waals surface area (Å²) in [5.74, 6) is -1.48. The Hall–Kier alpha value is -1.32. The molecule has 0 radical (unpaired) electrons. The molecule has 1 N–H and O–H groups in total. The van der Waals surface area contributed by atoms with Crippen LogP contribution in [0.3, 0.4) is 0 Å². The first kappa shape index (κ1) is 10.8. The van der Waals surface area contributed by atoms with Crippen molar-refractivity contribution in [3.8, 4) is 5.75 Å². The van der Waals surface area contributed by atoms with Gasteiger partial charge in [0.25, 0.3) is 0 Å². The number of rotatable bonds is 3. The van der Waals surface area contributed by atoms with E-state index in [0.717, 1.165) is 12.1 Å². The molecule has 78 valence electrons. The predicted molar refractivity (Wildman–Crippen MR) is 51.7 cm³/mol. The molecule has 0 unspecified atom stereocenters. The van der Waals surface area contributed by atoms with E-state index < -0.39 is 11.6 Å². The van der Waals surface area contributed by atoms with Crippen LogP contribution in [0.2, 0.25) is 0 Å². The average Bonchev–Trinajstić information content (AvgIpc) is 2.10. The van der Waals surface area contributed by atoms with Crippen LogP contribution in [0.1, 0.15) is 13.8 Å². The van der Waals surface area contributed by atoms with Crippen molar-refractivity contribution < 1.29 is 13.5 Å². The van der Waals surface area contributed by atoms with E-state index in [0.29, 0.717) is 11.4 Å². The molecule has 0 spiro atoms. The Morgan fingerprint density at radius 3 is 2.29 bits per heavy atom. The van der Waals surface area contributed by atoms with Gasteiger partial charge in [0, 0.05) is 18.2 Å². The van der Waals surface area contributed by atoms with Crippen LogP contribution in [0.25, 0.3) is 0 Å². The minimum absolute atomic E-state index is 0.133. The van der Waals surface area contributed by atoms with Gasteiger partial charge in [-0.2, -0.15) is 0 Å². The molecule has 0 aliphatic heterocycles. The monoisotopic (exact) mass is 201 g/mol. The lowest BCUT2D eigenvalue weighted by atomic mass is 10.2. The zero-order valence-electron chi connectivity index (χ0n) is 8.40. The van der Waals surface area contributed by atoms with Crippen molar-refractivity contribution in [2.24, 2.45) is 0 Å². The zero-order chi connectivity index (χ0) is 10.7. The van der Waals surface area contributed by atoms with Gasteiger partial charge in [0.15, 0.2) is 11.6 Å². The van der Waals surface area contributed by atoms with Gasteiger partial charge in [0.05, 0.1) is 12.8 Å². The summed E-state index contributed by atoms with van der Waals surface area (Å²) in [5.41, 5.74) is 0.460. The Morgan fingerprint density at radius 1 is 1.21 bits per heavy atom. The van der Waals surface area contributed by atoms with Crippen LogP contribution >= 0.6 is 0 Å². The Kier molecular flexibility index (Phi) is 3.28. The molecule has 0 amide bonds. The van der Waals surface area contributed by atoms with Gasteiger partial charge in [0.2, 0.25) is 0 Å². The average molecular weight is 201 g/mol. The first-order valence-corrected chi connectivity index (χ1v) is 4.34. The lowest BCUT2D eigenvalue weighted by Crippen LogP contribution is -2.11. The van der Waals surface area contributed by atoms with E-state index in [-0.39, 0.29) is 6.04 Å². The summed E-state index contributed by atoms with van der Waals surface area (Å²) in [6.07, 6.45) is 0. The summed E-state index contributed by atoms with van der Waals surface area (Å²) in [5, 5.41) is 2.96. The third-order valence-corrected chi connectivity index (χ3v) is 1.69. The number of anilines is 1. The predicted octanol–water partition coefficient (Wildman–Crippen LogP) is 2.79. The smallest absolute Gasteiger partial charge is 0.162 e. The van der Waals surface area contributed by atoms with E-state index in [1.165, 1.54) is 7.11 Å². The number of halogens is 2. The van der Waals surface area contributed by atoms with E-state index in [1.54, 1.807) is 0 Å². The topological polar surface area (TPSA) is 21.3 Å². The van der Waals surface area contributed by atoms with Crippen LogP contribution in [0.15, 0.2) is 12.1 Å². The fourth-order valence-electron chi connectivity index (χ4n) is 1.12. The van der Waals surface area contributed by atoms with Gasteiger partial charge in [-0.15, -0.1) is 0 Å². The molecule has 0 aliphatic rings. The van der Waals surface area contributed by atoms with Crippen molar-refractivity contribution >= 4 is 5.69 Å². The highest BCUT2D eigenvalue weighted by molar-refractivity contribution is 5.57. The zero-order valence-corrected chi connectivity index (χ0v) is 8.40. The molecule has 1 aromatic rings. The van der Waals surface area contributed by atoms with E-state index in [9.17, 15) is 8.78 Å². The van der Waals surface area contributed by atoms with Crippen molar-refractivity contribution in [2.75, 3.05) is 12.4 Å². The fraction of sp³-hybridized carbons (Fsp3) is 0.400. The molecule has 0 saturated carbocycles. The first-order valence-electron chi connectivity index (χ1n) is 4.34. The highest BCUT2D eigenvalue weighted by atomic mass is 19.2. The van der Waals surface area contributed by atoms with E-state index in [2.05, 4.69) is 5.32 Å². The molecule has 0 aliphatic carbocycles. The second kappa shape index (κ2) is 4.26. The summed E-state index contributed by atoms with van der Waals surface area (Å²) in [6.45, 7) is 3.81. The molecular formula is C10H13F2NO. The highest BCUT2D eigenvalue weighted by Gasteiger charge is 2.10. The largest absolute Gasteiger partial charge is 0.494 e. The molecule has 1 aromatic carbocycles. The third-order valence-electron chi connectivity index (χ3n) is 1.69. The van der Waals surface area contributed by atoms with Crippen LogP contribution in [0.4, 0.5) is 14.5 Å². The molecule has 14 heavy (non-hydrogen) atoms. The molecule has 0 bridgehead atoms. The van der Waals surface area contributed by atoms with Crippen LogP contribution in [0.5, 0.6) is 5.75 Å². The standard InChI is InChI=1S/C10H13F2NO/c1-6(2)13-9-4-7(11)8(12)5-10(9)14-3/h4-6,13H,1-3H3. The van der Waals surface area contributed by atoms with Gasteiger partial charge in [-0.25, -0.2) is 8.78 Å². The van der Waals surface area contributed by atoms with Gasteiger partial charge in [-0.1, -0.05) is 0 Å². The van der Waals surface area contributed by atoms with Crippen molar-refractivity contribution in [2.45, 2.75) is 19.9 Å². The molecular weight excluding hydrogens is 188 g/mol. The molecule has 1 rings (SSSR count). The van der Waals surface area contributed by atoms with Crippen molar-refractivity contribution in [1.82, 2.24) is 0 Å². The minimum Gasteiger partial charge on any atom is -0.494 e. The van der Waals surface area contributed by atoms with Crippen molar-refractivity contribution in [3.63, 3.8) is 0 Å². The van der Waals surface area contributed by atoms with E-state index in [4.69, 9.17) is 4.74 Å². The molecule has 0 saturated heterocycles. The quantitative estimate of drug-likeness (QED) is 0.811. The summed E-state index contributed by atoms with van der Waals surface area (Å²) >= 11 is 0. The molecule has 0 aromatic heterocycles. The Balaban J connectivity index is 3.07. The lowest BCUT2D eigenvalue weighted by Gasteiger charge is -2.14. The number of benzene rings is 1. The van der Waals surface area contributed by atoms with Crippen LogP contribution in [0, 0.1) is 11.6 Å². The van der Waals surface area contributed by atoms with Gasteiger partial charge in [0.1, 0.15) is 5.75 Å². The Bertz CT molecular complexity index is 326. The van der Waals surface area contributed by atoms with Crippen LogP contribution < -0.4 is 10.1 Å². The Morgan fingerprint density at radius 2 is 1.79 bits per heavy atom. The van der Waals surface area contributed by atoms with Crippen LogP contribution in [-0.2, 0) is 0 Å². The number of hydrogen-bond donors (Lipinski definition) is 1. The minimum atomic E-state index is -0.906. The normalized spacial score (nSPS) is 10.4. The summed E-state index contributed by atoms with van der Waals surface area (Å²) in [4.78, 5) is 0. The van der Waals surface area contributed by atoms with Crippen molar-refractivity contribution in [1.29, 1.82) is 0 Å². The van der Waals surface area contributed by atoms with Gasteiger partial charge in [-0.3, -0.25) is 0 Å². The number of methoxy groups -OCH3 is 1. The SMILES string of the molecule is COc1cc(F)c(F)cc1NC(C)C. The summed E-state index contributed by atoms with van der Waals surface area (Å²) in [6, 6.07) is 2.25. The van der Waals surface area contributed by atoms with Crippen molar-refractivity contribution in [3.05, 3.63) is 23.8 Å². The highest BCUT2D eigenvalue weighted by Crippen LogP contribution is 2.27. The Labute approximate surface area is 81.9 Å². The second-order valence-electron chi connectivity index (χ2n) is 3.27. The van der Waals surface area contributed by atoms with Gasteiger partial charge >= 0.3 is 0 Å². The fourth-order valence-corrected chi connectivity index (χ4v) is 1.12. The van der Waals surface area contributed by atoms with E-state index >= 15 is 0 Å². The van der Waals surface area contributed by atoms with Gasteiger partial charge < -0.3 is 10.1 Å². The maximum Gasteiger partial charge on any atom is 0.162 e. The van der Waals surface area contributed by atoms with Gasteiger partial charge in [-0.05, 0) is 13.8 Å². The molecule has 0 fully saturated rings. The third kappa shape index (κ3) is 2.34. The van der Waals surface area contributed by atoms with E-state index in [1.807, 2.05) is 13.8 Å². The molecule has 2 nitrogen and oxygen atoms in total. The van der Waals surface area contributed by atoms with Crippen LogP contribution in [-0.4, -0.2) is 13.2 Å². The maximum atomic E-state index is 12.9. The molecule has 4 heteroatoms. The number of nitrogens with one attached hydrogen (secondary N) is 1. The molecule has 0 atom stereocenters.